The van der Waals surface area contributed by atoms with E-state index in [0.717, 1.165) is 67.7 Å². The van der Waals surface area contributed by atoms with Gasteiger partial charge in [-0.1, -0.05) is 35.3 Å². The van der Waals surface area contributed by atoms with Gasteiger partial charge in [-0.15, -0.1) is 0 Å². The molecule has 0 radical (unpaired) electrons. The number of likely N-dealkylation sites (tertiary alicyclic amines) is 1. The highest BCUT2D eigenvalue weighted by Crippen LogP contribution is 2.51. The fourth-order valence-electron chi connectivity index (χ4n) is 9.09. The third kappa shape index (κ3) is 5.33. The van der Waals surface area contributed by atoms with Gasteiger partial charge in [0.15, 0.2) is 5.82 Å². The average Bonchev–Trinajstić information content (AvgIpc) is 3.62. The van der Waals surface area contributed by atoms with Crippen molar-refractivity contribution in [1.29, 1.82) is 5.26 Å². The Morgan fingerprint density at radius 3 is 2.78 bits per heavy atom. The van der Waals surface area contributed by atoms with Crippen LogP contribution in [0.15, 0.2) is 30.3 Å². The van der Waals surface area contributed by atoms with Gasteiger partial charge in [-0.2, -0.15) is 5.26 Å². The minimum atomic E-state index is -0.468. The summed E-state index contributed by atoms with van der Waals surface area (Å²) in [6, 6.07) is 12.0. The van der Waals surface area contributed by atoms with Gasteiger partial charge >= 0.3 is 0 Å². The fraction of sp³-hybridized carbons (Fsp3) is 0.513. The highest BCUT2D eigenvalue weighted by molar-refractivity contribution is 6.43. The number of nitrogens with one attached hydrogen (secondary N) is 1. The Morgan fingerprint density at radius 1 is 1.20 bits per heavy atom. The van der Waals surface area contributed by atoms with E-state index < -0.39 is 5.82 Å². The second-order valence-corrected chi connectivity index (χ2v) is 15.8. The number of rotatable bonds is 9. The van der Waals surface area contributed by atoms with Crippen molar-refractivity contribution in [3.63, 3.8) is 0 Å². The molecule has 11 heteroatoms. The van der Waals surface area contributed by atoms with Gasteiger partial charge in [0.05, 0.1) is 53.0 Å². The van der Waals surface area contributed by atoms with Gasteiger partial charge in [-0.3, -0.25) is 4.79 Å². The van der Waals surface area contributed by atoms with Crippen LogP contribution in [-0.2, 0) is 20.7 Å². The Balaban J connectivity index is 1.24. The number of pyridine rings is 1. The molecule has 10 rings (SSSR count). The maximum absolute atomic E-state index is 17.1. The van der Waals surface area contributed by atoms with Crippen LogP contribution in [0.5, 0.6) is 0 Å². The number of ether oxygens (including phenoxy) is 2. The van der Waals surface area contributed by atoms with Crippen molar-refractivity contribution in [3.05, 3.63) is 63.1 Å². The molecule has 1 amide bonds. The zero-order valence-electron chi connectivity index (χ0n) is 28.1. The van der Waals surface area contributed by atoms with Crippen molar-refractivity contribution >= 4 is 50.9 Å². The summed E-state index contributed by atoms with van der Waals surface area (Å²) in [4.78, 5) is 20.9. The highest BCUT2D eigenvalue weighted by Gasteiger charge is 2.51. The number of benzene rings is 2. The summed E-state index contributed by atoms with van der Waals surface area (Å²) in [6.45, 7) is 5.58. The number of aryl methyl sites for hydroxylation is 2. The second kappa shape index (κ2) is 12.8. The van der Waals surface area contributed by atoms with Crippen LogP contribution in [-0.4, -0.2) is 65.4 Å². The Morgan fingerprint density at radius 2 is 2.06 bits per heavy atom. The summed E-state index contributed by atoms with van der Waals surface area (Å²) in [6.07, 6.45) is 5.17. The van der Waals surface area contributed by atoms with Gasteiger partial charge in [-0.05, 0) is 68.7 Å². The molecule has 2 aromatic carbocycles. The standard InChI is InChI=1S/C39H40Cl2FN5O3/c1-20-27-15-32(31-14-25(50-19-21-9-11-49-18-21)17-46(31)39(48)22-7-8-22)47(37-24-13-30(37)44-16-24)38(27)28-12-23(4-3-10-43)33(35(42)36(28)45-20)26-5-2-6-29(40)34(26)41/h2,5-6,12,15,21-22,24-25,30-31,37,44H,3-4,7-9,11,13-14,16-19H2,1H3. The lowest BCUT2D eigenvalue weighted by atomic mass is 9.79. The summed E-state index contributed by atoms with van der Waals surface area (Å²) < 4.78 is 31.7. The number of fused-ring (bicyclic) bond motifs is 4. The number of carbonyl (C=O) groups excluding carboxylic acids is 1. The molecular weight excluding hydrogens is 676 g/mol. The van der Waals surface area contributed by atoms with Crippen LogP contribution in [0.25, 0.3) is 32.9 Å². The molecule has 1 N–H and O–H groups in total. The van der Waals surface area contributed by atoms with Gasteiger partial charge in [0.2, 0.25) is 5.91 Å². The molecule has 4 aromatic rings. The van der Waals surface area contributed by atoms with E-state index in [1.54, 1.807) is 18.2 Å². The quantitative estimate of drug-likeness (QED) is 0.191. The van der Waals surface area contributed by atoms with Crippen LogP contribution >= 0.6 is 23.2 Å². The van der Waals surface area contributed by atoms with Crippen molar-refractivity contribution in [2.24, 2.45) is 17.8 Å². The van der Waals surface area contributed by atoms with Crippen LogP contribution in [0.2, 0.25) is 10.0 Å². The number of nitriles is 1. The molecule has 0 spiro atoms. The molecule has 6 unspecified atom stereocenters. The Kier molecular flexibility index (Phi) is 8.32. The Hall–Kier alpha value is -3.26. The summed E-state index contributed by atoms with van der Waals surface area (Å²) in [7, 11) is 0. The maximum Gasteiger partial charge on any atom is 0.226 e. The second-order valence-electron chi connectivity index (χ2n) is 15.0. The van der Waals surface area contributed by atoms with Crippen LogP contribution in [0.3, 0.4) is 0 Å². The van der Waals surface area contributed by atoms with Crippen LogP contribution in [0.1, 0.15) is 67.6 Å². The van der Waals surface area contributed by atoms with Crippen molar-refractivity contribution in [3.8, 4) is 17.2 Å². The number of carbonyl (C=O) groups is 1. The molecule has 4 saturated heterocycles. The van der Waals surface area contributed by atoms with Gasteiger partial charge in [-0.25, -0.2) is 9.37 Å². The lowest BCUT2D eigenvalue weighted by molar-refractivity contribution is -0.134. The lowest BCUT2D eigenvalue weighted by Gasteiger charge is -2.39. The normalized spacial score (nSPS) is 27.4. The molecule has 6 atom stereocenters. The topological polar surface area (TPSA) is 92.4 Å². The average molecular weight is 717 g/mol. The van der Waals surface area contributed by atoms with Gasteiger partial charge < -0.3 is 24.3 Å². The number of aromatic nitrogens is 2. The summed E-state index contributed by atoms with van der Waals surface area (Å²) in [5.41, 5.74) is 4.52. The molecule has 50 heavy (non-hydrogen) atoms. The molecule has 2 saturated carbocycles. The molecule has 6 fully saturated rings. The van der Waals surface area contributed by atoms with E-state index >= 15 is 4.39 Å². The minimum Gasteiger partial charge on any atom is -0.381 e. The fourth-order valence-corrected chi connectivity index (χ4v) is 9.49. The minimum absolute atomic E-state index is 0.0676. The largest absolute Gasteiger partial charge is 0.381 e. The summed E-state index contributed by atoms with van der Waals surface area (Å²) in [5.74, 6) is 0.653. The molecule has 2 aromatic heterocycles. The Bertz CT molecular complexity index is 2050. The van der Waals surface area contributed by atoms with Gasteiger partial charge in [0.25, 0.3) is 0 Å². The number of halogens is 3. The molecule has 8 nitrogen and oxygen atoms in total. The van der Waals surface area contributed by atoms with Crippen molar-refractivity contribution in [2.45, 2.75) is 76.1 Å². The molecule has 6 aliphatic rings. The van der Waals surface area contributed by atoms with Crippen molar-refractivity contribution in [2.75, 3.05) is 32.9 Å². The first-order valence-electron chi connectivity index (χ1n) is 18.0. The first-order chi connectivity index (χ1) is 24.3. The maximum atomic E-state index is 17.1. The number of hydrogen-bond acceptors (Lipinski definition) is 6. The predicted octanol–water partition coefficient (Wildman–Crippen LogP) is 7.70. The lowest BCUT2D eigenvalue weighted by Crippen LogP contribution is -2.41. The molecule has 6 heterocycles. The monoisotopic (exact) mass is 715 g/mol. The van der Waals surface area contributed by atoms with Gasteiger partial charge in [0, 0.05) is 83.7 Å². The van der Waals surface area contributed by atoms with E-state index in [9.17, 15) is 10.1 Å². The number of nitrogens with zero attached hydrogens (tertiary/aromatic N) is 4. The summed E-state index contributed by atoms with van der Waals surface area (Å²) >= 11 is 13.1. The highest BCUT2D eigenvalue weighted by atomic mass is 35.5. The number of amides is 1. The van der Waals surface area contributed by atoms with E-state index in [0.29, 0.717) is 71.0 Å². The first kappa shape index (κ1) is 32.6. The van der Waals surface area contributed by atoms with E-state index in [1.807, 2.05) is 13.0 Å². The predicted molar refractivity (Wildman–Crippen MR) is 191 cm³/mol. The summed E-state index contributed by atoms with van der Waals surface area (Å²) in [5, 5.41) is 15.6. The zero-order chi connectivity index (χ0) is 34.3. The van der Waals surface area contributed by atoms with Crippen molar-refractivity contribution < 1.29 is 18.7 Å². The Labute approximate surface area is 300 Å². The van der Waals surface area contributed by atoms with Crippen LogP contribution in [0.4, 0.5) is 4.39 Å². The zero-order valence-corrected chi connectivity index (χ0v) is 29.6. The van der Waals surface area contributed by atoms with Crippen LogP contribution < -0.4 is 5.32 Å². The van der Waals surface area contributed by atoms with Crippen molar-refractivity contribution in [1.82, 2.24) is 19.8 Å². The van der Waals surface area contributed by atoms with E-state index in [-0.39, 0.29) is 47.0 Å². The van der Waals surface area contributed by atoms with Crippen LogP contribution in [0, 0.1) is 41.8 Å². The molecule has 2 aliphatic carbocycles. The van der Waals surface area contributed by atoms with Gasteiger partial charge in [0.1, 0.15) is 5.52 Å². The van der Waals surface area contributed by atoms with E-state index in [4.69, 9.17) is 37.7 Å². The third-order valence-corrected chi connectivity index (χ3v) is 12.7. The first-order valence-corrected chi connectivity index (χ1v) is 18.8. The number of hydrogen-bond donors (Lipinski definition) is 1. The van der Waals surface area contributed by atoms with E-state index in [2.05, 4.69) is 26.9 Å². The molecule has 4 aliphatic heterocycles. The van der Waals surface area contributed by atoms with E-state index in [1.165, 1.54) is 0 Å². The molecular formula is C39H40Cl2FN5O3. The smallest absolute Gasteiger partial charge is 0.226 e. The third-order valence-electron chi connectivity index (χ3n) is 11.8. The SMILES string of the molecule is Cc1nc2c(F)c(-c3cccc(Cl)c3Cl)c(CCC#N)cc2c2c1cc(C1CC(OCC3CCOC3)CN1C(=O)C1CC1)n2C1C2CNC1C2. The molecule has 2 bridgehead atoms. The molecule has 260 valence electrons.